The van der Waals surface area contributed by atoms with Crippen molar-refractivity contribution in [3.05, 3.63) is 71.8 Å². The van der Waals surface area contributed by atoms with E-state index in [0.29, 0.717) is 0 Å². The molecule has 0 aromatic heterocycles. The Balaban J connectivity index is 2.03. The molecule has 0 N–H and O–H groups in total. The van der Waals surface area contributed by atoms with E-state index < -0.39 is 11.4 Å². The fourth-order valence-corrected chi connectivity index (χ4v) is 3.45. The number of benzene rings is 2. The van der Waals surface area contributed by atoms with E-state index in [0.717, 1.165) is 36.8 Å². The van der Waals surface area contributed by atoms with Crippen molar-refractivity contribution in [1.82, 2.24) is 0 Å². The molecule has 130 valence electrons. The second-order valence-corrected chi connectivity index (χ2v) is 6.57. The summed E-state index contributed by atoms with van der Waals surface area (Å²) in [5.74, 6) is 0. The first-order valence-corrected chi connectivity index (χ1v) is 9.60. The van der Waals surface area contributed by atoms with E-state index in [-0.39, 0.29) is 12.2 Å². The van der Waals surface area contributed by atoms with Gasteiger partial charge in [-0.1, -0.05) is 87.4 Å². The molecule has 0 aliphatic rings. The van der Waals surface area contributed by atoms with E-state index in [1.807, 2.05) is 60.7 Å². The first-order valence-electron chi connectivity index (χ1n) is 8.60. The predicted octanol–water partition coefficient (Wildman–Crippen LogP) is 5.68. The Morgan fingerprint density at radius 3 is 1.46 bits per heavy atom. The fraction of sp³-hybridized carbons (Fsp3) is 0.400. The molecule has 2 unspecified atom stereocenters. The summed E-state index contributed by atoms with van der Waals surface area (Å²) in [6.07, 6.45) is 3.10. The zero-order chi connectivity index (χ0) is 17.2. The lowest BCUT2D eigenvalue weighted by Crippen LogP contribution is -2.13. The van der Waals surface area contributed by atoms with Gasteiger partial charge in [-0.05, 0) is 24.0 Å². The average Bonchev–Trinajstić information content (AvgIpc) is 2.62. The molecular weight excluding hydrogens is 320 g/mol. The molecular formula is C20H26O3S. The van der Waals surface area contributed by atoms with E-state index in [1.165, 1.54) is 0 Å². The summed E-state index contributed by atoms with van der Waals surface area (Å²) in [6.45, 7) is 4.18. The van der Waals surface area contributed by atoms with Crippen LogP contribution in [0, 0.1) is 0 Å². The van der Waals surface area contributed by atoms with Crippen LogP contribution in [0.3, 0.4) is 0 Å². The fourth-order valence-electron chi connectivity index (χ4n) is 2.61. The molecule has 0 heterocycles. The van der Waals surface area contributed by atoms with Gasteiger partial charge in [0.1, 0.15) is 12.2 Å². The van der Waals surface area contributed by atoms with Crippen molar-refractivity contribution in [3.8, 4) is 0 Å². The molecule has 0 amide bonds. The molecule has 3 nitrogen and oxygen atoms in total. The quantitative estimate of drug-likeness (QED) is 0.555. The Kier molecular flexibility index (Phi) is 8.16. The van der Waals surface area contributed by atoms with Crippen LogP contribution in [0.5, 0.6) is 0 Å². The number of hydrogen-bond acceptors (Lipinski definition) is 3. The van der Waals surface area contributed by atoms with Gasteiger partial charge in [0, 0.05) is 0 Å². The van der Waals surface area contributed by atoms with Gasteiger partial charge in [-0.25, -0.2) is 0 Å². The standard InChI is InChI=1S/C20H26O3S/c1-3-11-19(17-13-7-5-8-14-17)22-24(21)23-20(12-4-2)18-15-9-6-10-16-18/h5-10,13-16,19-20H,3-4,11-12H2,1-2H3. The molecule has 0 fully saturated rings. The molecule has 2 aromatic rings. The van der Waals surface area contributed by atoms with Gasteiger partial charge in [0.05, 0.1) is 0 Å². The van der Waals surface area contributed by atoms with Gasteiger partial charge < -0.3 is 0 Å². The molecule has 24 heavy (non-hydrogen) atoms. The summed E-state index contributed by atoms with van der Waals surface area (Å²) in [4.78, 5) is 0. The maximum absolute atomic E-state index is 12.4. The molecule has 2 atom stereocenters. The predicted molar refractivity (Wildman–Crippen MR) is 98.5 cm³/mol. The van der Waals surface area contributed by atoms with Crippen LogP contribution in [-0.4, -0.2) is 4.21 Å². The first kappa shape index (κ1) is 18.8. The molecule has 0 aliphatic carbocycles. The van der Waals surface area contributed by atoms with Gasteiger partial charge in [-0.3, -0.25) is 8.37 Å². The maximum Gasteiger partial charge on any atom is 0.305 e. The van der Waals surface area contributed by atoms with Crippen LogP contribution in [0.25, 0.3) is 0 Å². The van der Waals surface area contributed by atoms with Gasteiger partial charge in [-0.15, -0.1) is 0 Å². The van der Waals surface area contributed by atoms with E-state index in [2.05, 4.69) is 13.8 Å². The van der Waals surface area contributed by atoms with Crippen molar-refractivity contribution in [2.45, 2.75) is 51.7 Å². The van der Waals surface area contributed by atoms with Gasteiger partial charge in [0.2, 0.25) is 0 Å². The Bertz CT molecular complexity index is 547. The number of hydrogen-bond donors (Lipinski definition) is 0. The van der Waals surface area contributed by atoms with Crippen molar-refractivity contribution in [2.24, 2.45) is 0 Å². The van der Waals surface area contributed by atoms with Crippen molar-refractivity contribution >= 4 is 11.4 Å². The van der Waals surface area contributed by atoms with Gasteiger partial charge >= 0.3 is 11.4 Å². The van der Waals surface area contributed by atoms with E-state index in [9.17, 15) is 4.21 Å². The lowest BCUT2D eigenvalue weighted by molar-refractivity contribution is 0.137. The first-order chi connectivity index (χ1) is 11.7. The Morgan fingerprint density at radius 1 is 0.750 bits per heavy atom. The molecule has 4 heteroatoms. The highest BCUT2D eigenvalue weighted by molar-refractivity contribution is 7.75. The summed E-state index contributed by atoms with van der Waals surface area (Å²) < 4.78 is 23.9. The lowest BCUT2D eigenvalue weighted by Gasteiger charge is -2.20. The summed E-state index contributed by atoms with van der Waals surface area (Å²) >= 11 is -1.78. The molecule has 2 aromatic carbocycles. The zero-order valence-electron chi connectivity index (χ0n) is 14.4. The smallest absolute Gasteiger partial charge is 0.260 e. The van der Waals surface area contributed by atoms with Gasteiger partial charge in [0.15, 0.2) is 0 Å². The van der Waals surface area contributed by atoms with Crippen molar-refractivity contribution < 1.29 is 12.6 Å². The van der Waals surface area contributed by atoms with Crippen LogP contribution in [0.15, 0.2) is 60.7 Å². The molecule has 0 spiro atoms. The van der Waals surface area contributed by atoms with Crippen LogP contribution in [0.2, 0.25) is 0 Å². The average molecular weight is 346 g/mol. The Morgan fingerprint density at radius 2 is 1.12 bits per heavy atom. The van der Waals surface area contributed by atoms with E-state index in [1.54, 1.807) is 0 Å². The summed E-state index contributed by atoms with van der Waals surface area (Å²) in [5.41, 5.74) is 2.06. The molecule has 0 saturated heterocycles. The van der Waals surface area contributed by atoms with Crippen molar-refractivity contribution in [3.63, 3.8) is 0 Å². The van der Waals surface area contributed by atoms with Crippen LogP contribution >= 0.6 is 0 Å². The summed E-state index contributed by atoms with van der Waals surface area (Å²) in [6, 6.07) is 19.8. The van der Waals surface area contributed by atoms with E-state index in [4.69, 9.17) is 8.37 Å². The highest BCUT2D eigenvalue weighted by Crippen LogP contribution is 2.28. The van der Waals surface area contributed by atoms with Crippen molar-refractivity contribution in [2.75, 3.05) is 0 Å². The highest BCUT2D eigenvalue weighted by atomic mass is 32.2. The van der Waals surface area contributed by atoms with Crippen LogP contribution in [0.1, 0.15) is 62.9 Å². The van der Waals surface area contributed by atoms with Crippen LogP contribution < -0.4 is 0 Å². The third-order valence-electron chi connectivity index (χ3n) is 3.83. The van der Waals surface area contributed by atoms with Crippen LogP contribution in [-0.2, 0) is 19.7 Å². The largest absolute Gasteiger partial charge is 0.305 e. The lowest BCUT2D eigenvalue weighted by atomic mass is 10.1. The molecule has 0 aliphatic heterocycles. The van der Waals surface area contributed by atoms with E-state index >= 15 is 0 Å². The molecule has 2 rings (SSSR count). The monoisotopic (exact) mass is 346 g/mol. The topological polar surface area (TPSA) is 35.5 Å². The SMILES string of the molecule is CCCC(OS(=O)OC(CCC)c1ccccc1)c1ccccc1. The second kappa shape index (κ2) is 10.4. The number of rotatable bonds is 10. The van der Waals surface area contributed by atoms with Crippen LogP contribution in [0.4, 0.5) is 0 Å². The zero-order valence-corrected chi connectivity index (χ0v) is 15.2. The third kappa shape index (κ3) is 5.86. The second-order valence-electron chi connectivity index (χ2n) is 5.77. The van der Waals surface area contributed by atoms with Gasteiger partial charge in [-0.2, -0.15) is 4.21 Å². The Labute approximate surface area is 147 Å². The minimum absolute atomic E-state index is 0.213. The van der Waals surface area contributed by atoms with Crippen molar-refractivity contribution in [1.29, 1.82) is 0 Å². The summed E-state index contributed by atoms with van der Waals surface area (Å²) in [5, 5.41) is 0. The maximum atomic E-state index is 12.4. The van der Waals surface area contributed by atoms with Gasteiger partial charge in [0.25, 0.3) is 0 Å². The minimum atomic E-state index is -1.78. The normalized spacial score (nSPS) is 14.9. The highest BCUT2D eigenvalue weighted by Gasteiger charge is 2.20. The molecule has 0 bridgehead atoms. The molecule has 0 saturated carbocycles. The Hall–Kier alpha value is -1.49. The minimum Gasteiger partial charge on any atom is -0.260 e. The third-order valence-corrected chi connectivity index (χ3v) is 4.61. The molecule has 0 radical (unpaired) electrons. The summed E-state index contributed by atoms with van der Waals surface area (Å²) in [7, 11) is 0.